The summed E-state index contributed by atoms with van der Waals surface area (Å²) in [5.74, 6) is 0.738. The highest BCUT2D eigenvalue weighted by atomic mass is 16.3. The Labute approximate surface area is 110 Å². The van der Waals surface area contributed by atoms with E-state index >= 15 is 0 Å². The second kappa shape index (κ2) is 5.43. The van der Waals surface area contributed by atoms with E-state index in [9.17, 15) is 4.79 Å². The summed E-state index contributed by atoms with van der Waals surface area (Å²) in [6.07, 6.45) is 2.32. The lowest BCUT2D eigenvalue weighted by atomic mass is 10.2. The van der Waals surface area contributed by atoms with E-state index in [2.05, 4.69) is 10.3 Å². The molecule has 2 aromatic rings. The van der Waals surface area contributed by atoms with E-state index in [1.807, 2.05) is 19.1 Å². The third-order valence-electron chi connectivity index (χ3n) is 2.65. The number of nitrogen functional groups attached to an aromatic ring is 1. The molecule has 6 nitrogen and oxygen atoms in total. The smallest absolute Gasteiger partial charge is 0.267 e. The zero-order chi connectivity index (χ0) is 13.8. The fourth-order valence-electron chi connectivity index (χ4n) is 1.74. The highest BCUT2D eigenvalue weighted by molar-refractivity contribution is 5.91. The Bertz CT molecular complexity index is 566. The maximum absolute atomic E-state index is 11.1. The van der Waals surface area contributed by atoms with Crippen LogP contribution in [0.2, 0.25) is 0 Å². The van der Waals surface area contributed by atoms with Gasteiger partial charge in [0, 0.05) is 12.5 Å². The van der Waals surface area contributed by atoms with Gasteiger partial charge in [-0.15, -0.1) is 0 Å². The van der Waals surface area contributed by atoms with Gasteiger partial charge in [-0.25, -0.2) is 4.98 Å². The summed E-state index contributed by atoms with van der Waals surface area (Å²) in [7, 11) is 0. The van der Waals surface area contributed by atoms with Crippen LogP contribution in [0.25, 0.3) is 0 Å². The number of carbonyl (C=O) groups excluding carboxylic acids is 1. The van der Waals surface area contributed by atoms with Crippen molar-refractivity contribution in [2.75, 3.05) is 11.1 Å². The molecule has 6 heteroatoms. The van der Waals surface area contributed by atoms with Crippen molar-refractivity contribution in [1.82, 2.24) is 4.98 Å². The number of carbonyl (C=O) groups is 1. The van der Waals surface area contributed by atoms with E-state index in [1.54, 1.807) is 12.3 Å². The highest BCUT2D eigenvalue weighted by Gasteiger charge is 2.11. The Hall–Kier alpha value is -2.50. The van der Waals surface area contributed by atoms with Crippen molar-refractivity contribution in [3.63, 3.8) is 0 Å². The van der Waals surface area contributed by atoms with E-state index < -0.39 is 5.91 Å². The monoisotopic (exact) mass is 260 g/mol. The van der Waals surface area contributed by atoms with Crippen molar-refractivity contribution in [3.8, 4) is 0 Å². The summed E-state index contributed by atoms with van der Waals surface area (Å²) < 4.78 is 5.27. The predicted octanol–water partition coefficient (Wildman–Crippen LogP) is 1.40. The number of aromatic nitrogens is 1. The molecule has 0 aliphatic rings. The van der Waals surface area contributed by atoms with Gasteiger partial charge in [0.1, 0.15) is 17.3 Å². The molecule has 0 aromatic carbocycles. The number of hydrogen-bond donors (Lipinski definition) is 3. The number of rotatable bonds is 5. The van der Waals surface area contributed by atoms with Crippen LogP contribution in [-0.4, -0.2) is 16.9 Å². The fraction of sp³-hybridized carbons (Fsp3) is 0.231. The zero-order valence-corrected chi connectivity index (χ0v) is 10.6. The van der Waals surface area contributed by atoms with Gasteiger partial charge in [0.2, 0.25) is 0 Å². The molecule has 1 amide bonds. The normalized spacial score (nSPS) is 12.1. The molecule has 1 atom stereocenters. The molecule has 2 rings (SSSR count). The molecular weight excluding hydrogens is 244 g/mol. The van der Waals surface area contributed by atoms with Crippen molar-refractivity contribution in [1.29, 1.82) is 0 Å². The van der Waals surface area contributed by atoms with Gasteiger partial charge in [-0.2, -0.15) is 0 Å². The van der Waals surface area contributed by atoms with Gasteiger partial charge in [0.05, 0.1) is 12.0 Å². The Balaban J connectivity index is 2.09. The minimum atomic E-state index is -0.582. The number of hydrogen-bond acceptors (Lipinski definition) is 5. The third kappa shape index (κ3) is 3.25. The van der Waals surface area contributed by atoms with Crippen LogP contribution in [0.5, 0.6) is 0 Å². The molecule has 0 radical (unpaired) electrons. The van der Waals surface area contributed by atoms with Gasteiger partial charge < -0.3 is 21.2 Å². The summed E-state index contributed by atoms with van der Waals surface area (Å²) in [6, 6.07) is 6.90. The lowest BCUT2D eigenvalue weighted by molar-refractivity contribution is 0.0995. The Morgan fingerprint density at radius 3 is 2.89 bits per heavy atom. The van der Waals surface area contributed by atoms with Gasteiger partial charge in [0.25, 0.3) is 5.91 Å². The summed E-state index contributed by atoms with van der Waals surface area (Å²) in [6.45, 7) is 1.97. The first-order valence-electron chi connectivity index (χ1n) is 5.91. The molecule has 2 heterocycles. The largest absolute Gasteiger partial charge is 0.469 e. The lowest BCUT2D eigenvalue weighted by Gasteiger charge is -2.15. The molecule has 2 aromatic heterocycles. The molecule has 5 N–H and O–H groups in total. The van der Waals surface area contributed by atoms with Crippen LogP contribution in [0.3, 0.4) is 0 Å². The number of nitrogens with two attached hydrogens (primary N) is 2. The van der Waals surface area contributed by atoms with Crippen LogP contribution in [0.1, 0.15) is 23.2 Å². The van der Waals surface area contributed by atoms with Gasteiger partial charge in [-0.1, -0.05) is 0 Å². The van der Waals surface area contributed by atoms with Crippen molar-refractivity contribution < 1.29 is 9.21 Å². The van der Waals surface area contributed by atoms with Crippen LogP contribution in [0, 0.1) is 0 Å². The Morgan fingerprint density at radius 1 is 1.47 bits per heavy atom. The molecule has 0 aliphatic carbocycles. The number of anilines is 2. The summed E-state index contributed by atoms with van der Waals surface area (Å²) in [5, 5.41) is 3.14. The molecule has 0 saturated carbocycles. The van der Waals surface area contributed by atoms with Gasteiger partial charge in [-0.3, -0.25) is 4.79 Å². The summed E-state index contributed by atoms with van der Waals surface area (Å²) in [4.78, 5) is 15.2. The van der Waals surface area contributed by atoms with Crippen LogP contribution in [0.4, 0.5) is 11.5 Å². The molecule has 0 saturated heterocycles. The number of furan rings is 1. The number of nitrogens with one attached hydrogen (secondary N) is 1. The molecule has 1 unspecified atom stereocenters. The van der Waals surface area contributed by atoms with Crippen molar-refractivity contribution in [2.45, 2.75) is 19.4 Å². The van der Waals surface area contributed by atoms with E-state index in [4.69, 9.17) is 15.9 Å². The van der Waals surface area contributed by atoms with Gasteiger partial charge in [0.15, 0.2) is 0 Å². The first kappa shape index (κ1) is 12.9. The second-order valence-corrected chi connectivity index (χ2v) is 4.33. The maximum Gasteiger partial charge on any atom is 0.267 e. The van der Waals surface area contributed by atoms with Gasteiger partial charge >= 0.3 is 0 Å². The third-order valence-corrected chi connectivity index (χ3v) is 2.65. The van der Waals surface area contributed by atoms with E-state index in [0.717, 1.165) is 5.76 Å². The van der Waals surface area contributed by atoms with Crippen LogP contribution < -0.4 is 16.8 Å². The average molecular weight is 260 g/mol. The Morgan fingerprint density at radius 2 is 2.26 bits per heavy atom. The van der Waals surface area contributed by atoms with Crippen molar-refractivity contribution in [2.24, 2.45) is 5.73 Å². The fourth-order valence-corrected chi connectivity index (χ4v) is 1.74. The van der Waals surface area contributed by atoms with E-state index in [1.165, 1.54) is 6.07 Å². The number of primary amides is 1. The highest BCUT2D eigenvalue weighted by Crippen LogP contribution is 2.17. The van der Waals surface area contributed by atoms with Gasteiger partial charge in [-0.05, 0) is 31.2 Å². The number of nitrogens with zero attached hydrogens (tertiary/aromatic N) is 1. The summed E-state index contributed by atoms with van der Waals surface area (Å²) >= 11 is 0. The minimum Gasteiger partial charge on any atom is -0.469 e. The lowest BCUT2D eigenvalue weighted by Crippen LogP contribution is -2.21. The SMILES string of the molecule is CC(Cc1ccco1)Nc1nc(C(N)=O)ccc1N. The molecule has 0 bridgehead atoms. The van der Waals surface area contributed by atoms with Crippen molar-refractivity contribution >= 4 is 17.4 Å². The molecule has 0 aliphatic heterocycles. The molecule has 0 spiro atoms. The van der Waals surface area contributed by atoms with Crippen LogP contribution in [-0.2, 0) is 6.42 Å². The quantitative estimate of drug-likeness (QED) is 0.753. The molecule has 19 heavy (non-hydrogen) atoms. The van der Waals surface area contributed by atoms with Crippen molar-refractivity contribution in [3.05, 3.63) is 42.0 Å². The summed E-state index contributed by atoms with van der Waals surface area (Å²) in [5.41, 5.74) is 11.6. The first-order chi connectivity index (χ1) is 9.06. The minimum absolute atomic E-state index is 0.0593. The second-order valence-electron chi connectivity index (χ2n) is 4.33. The maximum atomic E-state index is 11.1. The topological polar surface area (TPSA) is 107 Å². The van der Waals surface area contributed by atoms with Crippen LogP contribution in [0.15, 0.2) is 34.9 Å². The molecule has 100 valence electrons. The average Bonchev–Trinajstić information content (AvgIpc) is 2.84. The Kier molecular flexibility index (Phi) is 3.70. The molecular formula is C13H16N4O2. The number of pyridine rings is 1. The van der Waals surface area contributed by atoms with E-state index in [0.29, 0.717) is 17.9 Å². The zero-order valence-electron chi connectivity index (χ0n) is 10.6. The van der Waals surface area contributed by atoms with Crippen LogP contribution >= 0.6 is 0 Å². The standard InChI is InChI=1S/C13H16N4O2/c1-8(7-9-3-2-6-19-9)16-13-10(14)4-5-11(17-13)12(15)18/h2-6,8H,7,14H2,1H3,(H2,15,18)(H,16,17). The van der Waals surface area contributed by atoms with E-state index in [-0.39, 0.29) is 11.7 Å². The first-order valence-corrected chi connectivity index (χ1v) is 5.91. The molecule has 0 fully saturated rings. The number of amides is 1. The predicted molar refractivity (Wildman–Crippen MR) is 72.7 cm³/mol.